The van der Waals surface area contributed by atoms with E-state index in [4.69, 9.17) is 10.2 Å². The van der Waals surface area contributed by atoms with Crippen molar-refractivity contribution in [3.63, 3.8) is 0 Å². The molecular formula is C6H11NO3. The molecule has 0 fully saturated rings. The van der Waals surface area contributed by atoms with Gasteiger partial charge in [0.05, 0.1) is 19.6 Å². The molecule has 0 aromatic carbocycles. The van der Waals surface area contributed by atoms with Crippen molar-refractivity contribution < 1.29 is 15.0 Å². The first-order valence-electron chi connectivity index (χ1n) is 2.99. The van der Waals surface area contributed by atoms with Gasteiger partial charge in [-0.15, -0.1) is 0 Å². The van der Waals surface area contributed by atoms with E-state index in [0.717, 1.165) is 0 Å². The van der Waals surface area contributed by atoms with Gasteiger partial charge in [-0.1, -0.05) is 0 Å². The zero-order chi connectivity index (χ0) is 7.98. The van der Waals surface area contributed by atoms with Crippen LogP contribution in [0.15, 0.2) is 4.99 Å². The van der Waals surface area contributed by atoms with Gasteiger partial charge in [-0.05, 0) is 6.92 Å². The number of carboxylic acids is 1. The van der Waals surface area contributed by atoms with Crippen molar-refractivity contribution in [3.8, 4) is 0 Å². The van der Waals surface area contributed by atoms with Crippen molar-refractivity contribution in [2.45, 2.75) is 13.3 Å². The predicted octanol–water partition coefficient (Wildman–Crippen LogP) is -0.0857. The largest absolute Gasteiger partial charge is 0.481 e. The third-order valence-electron chi connectivity index (χ3n) is 0.889. The van der Waals surface area contributed by atoms with Gasteiger partial charge in [0.1, 0.15) is 0 Å². The number of hydrogen-bond donors (Lipinski definition) is 2. The molecule has 0 saturated heterocycles. The molecule has 0 unspecified atom stereocenters. The number of carbonyl (C=O) groups is 1. The average Bonchev–Trinajstić information content (AvgIpc) is 1.82. The van der Waals surface area contributed by atoms with Crippen LogP contribution in [0, 0.1) is 0 Å². The molecule has 0 aromatic heterocycles. The molecular weight excluding hydrogens is 134 g/mol. The topological polar surface area (TPSA) is 69.9 Å². The van der Waals surface area contributed by atoms with Gasteiger partial charge in [0.15, 0.2) is 0 Å². The molecule has 0 aliphatic carbocycles. The van der Waals surface area contributed by atoms with E-state index in [-0.39, 0.29) is 13.0 Å². The second-order valence-corrected chi connectivity index (χ2v) is 1.91. The molecule has 0 aromatic rings. The van der Waals surface area contributed by atoms with Gasteiger partial charge in [-0.2, -0.15) is 0 Å². The molecule has 0 amide bonds. The second kappa shape index (κ2) is 4.93. The van der Waals surface area contributed by atoms with E-state index in [9.17, 15) is 4.79 Å². The molecule has 0 bridgehead atoms. The van der Waals surface area contributed by atoms with Crippen LogP contribution in [0.1, 0.15) is 13.3 Å². The summed E-state index contributed by atoms with van der Waals surface area (Å²) in [5.74, 6) is -0.890. The monoisotopic (exact) mass is 145 g/mol. The van der Waals surface area contributed by atoms with Crippen molar-refractivity contribution in [2.75, 3.05) is 13.2 Å². The molecule has 0 spiro atoms. The van der Waals surface area contributed by atoms with Crippen LogP contribution in [-0.2, 0) is 4.79 Å². The highest BCUT2D eigenvalue weighted by Gasteiger charge is 1.97. The summed E-state index contributed by atoms with van der Waals surface area (Å²) in [4.78, 5) is 13.8. The highest BCUT2D eigenvalue weighted by atomic mass is 16.4. The summed E-state index contributed by atoms with van der Waals surface area (Å²) in [7, 11) is 0. The third-order valence-corrected chi connectivity index (χ3v) is 0.889. The molecule has 0 saturated carbocycles. The zero-order valence-corrected chi connectivity index (χ0v) is 5.87. The molecule has 0 aliphatic rings. The van der Waals surface area contributed by atoms with E-state index in [1.807, 2.05) is 0 Å². The molecule has 0 atom stereocenters. The molecule has 2 N–H and O–H groups in total. The molecule has 4 heteroatoms. The van der Waals surface area contributed by atoms with Crippen LogP contribution in [0.4, 0.5) is 0 Å². The van der Waals surface area contributed by atoms with E-state index in [1.165, 1.54) is 0 Å². The summed E-state index contributed by atoms with van der Waals surface area (Å²) in [6.07, 6.45) is -0.0417. The maximum Gasteiger partial charge on any atom is 0.309 e. The molecule has 0 rings (SSSR count). The Labute approximate surface area is 59.2 Å². The maximum absolute atomic E-state index is 10.0. The van der Waals surface area contributed by atoms with E-state index < -0.39 is 5.97 Å². The van der Waals surface area contributed by atoms with Crippen LogP contribution in [0.5, 0.6) is 0 Å². The first-order valence-corrected chi connectivity index (χ1v) is 2.99. The minimum atomic E-state index is -0.890. The number of aliphatic imine (C=N–C) groups is 1. The van der Waals surface area contributed by atoms with E-state index in [1.54, 1.807) is 6.92 Å². The molecule has 0 heterocycles. The average molecular weight is 145 g/mol. The van der Waals surface area contributed by atoms with Crippen LogP contribution in [0.25, 0.3) is 0 Å². The van der Waals surface area contributed by atoms with Crippen LogP contribution in [-0.4, -0.2) is 35.0 Å². The molecule has 0 radical (unpaired) electrons. The van der Waals surface area contributed by atoms with Crippen molar-refractivity contribution in [3.05, 3.63) is 0 Å². The number of aliphatic hydroxyl groups excluding tert-OH is 1. The standard InChI is InChI=1S/C6H11NO3/c1-5(4-6(9)10)7-2-3-8/h8H,2-4H2,1H3,(H,9,10). The van der Waals surface area contributed by atoms with Gasteiger partial charge in [0, 0.05) is 5.71 Å². The summed E-state index contributed by atoms with van der Waals surface area (Å²) >= 11 is 0. The lowest BCUT2D eigenvalue weighted by Gasteiger charge is -1.93. The van der Waals surface area contributed by atoms with E-state index >= 15 is 0 Å². The molecule has 10 heavy (non-hydrogen) atoms. The maximum atomic E-state index is 10.0. The number of aliphatic carboxylic acids is 1. The van der Waals surface area contributed by atoms with Gasteiger partial charge >= 0.3 is 5.97 Å². The fraction of sp³-hybridized carbons (Fsp3) is 0.667. The Bertz CT molecular complexity index is 142. The summed E-state index contributed by atoms with van der Waals surface area (Å²) in [6, 6.07) is 0. The van der Waals surface area contributed by atoms with Gasteiger partial charge in [0.25, 0.3) is 0 Å². The number of carboxylic acid groups (broad SMARTS) is 1. The highest BCUT2D eigenvalue weighted by molar-refractivity contribution is 5.96. The predicted molar refractivity (Wildman–Crippen MR) is 37.3 cm³/mol. The summed E-state index contributed by atoms with van der Waals surface area (Å²) < 4.78 is 0. The molecule has 58 valence electrons. The molecule has 0 aliphatic heterocycles. The SMILES string of the molecule is CC(CC(=O)O)=NCCO. The number of hydrogen-bond acceptors (Lipinski definition) is 3. The number of aliphatic hydroxyl groups is 1. The Balaban J connectivity index is 3.59. The van der Waals surface area contributed by atoms with Crippen LogP contribution in [0.3, 0.4) is 0 Å². The van der Waals surface area contributed by atoms with Gasteiger partial charge < -0.3 is 10.2 Å². The lowest BCUT2D eigenvalue weighted by molar-refractivity contribution is -0.135. The number of nitrogens with zero attached hydrogens (tertiary/aromatic N) is 1. The lowest BCUT2D eigenvalue weighted by atomic mass is 10.3. The Morgan fingerprint density at radius 2 is 2.20 bits per heavy atom. The van der Waals surface area contributed by atoms with Crippen molar-refractivity contribution >= 4 is 11.7 Å². The minimum absolute atomic E-state index is 0.0308. The van der Waals surface area contributed by atoms with Crippen molar-refractivity contribution in [1.82, 2.24) is 0 Å². The quantitative estimate of drug-likeness (QED) is 0.543. The summed E-state index contributed by atoms with van der Waals surface area (Å²) in [5.41, 5.74) is 0.543. The van der Waals surface area contributed by atoms with E-state index in [2.05, 4.69) is 4.99 Å². The molecule has 4 nitrogen and oxygen atoms in total. The normalized spacial score (nSPS) is 11.6. The van der Waals surface area contributed by atoms with E-state index in [0.29, 0.717) is 12.3 Å². The third kappa shape index (κ3) is 5.24. The Hall–Kier alpha value is -0.900. The van der Waals surface area contributed by atoms with Gasteiger partial charge in [-0.25, -0.2) is 0 Å². The zero-order valence-electron chi connectivity index (χ0n) is 5.87. The van der Waals surface area contributed by atoms with Crippen molar-refractivity contribution in [2.24, 2.45) is 4.99 Å². The fourth-order valence-corrected chi connectivity index (χ4v) is 0.516. The highest BCUT2D eigenvalue weighted by Crippen LogP contribution is 1.85. The Kier molecular flexibility index (Phi) is 4.49. The van der Waals surface area contributed by atoms with Crippen molar-refractivity contribution in [1.29, 1.82) is 0 Å². The smallest absolute Gasteiger partial charge is 0.309 e. The summed E-state index contributed by atoms with van der Waals surface area (Å²) in [6.45, 7) is 1.89. The van der Waals surface area contributed by atoms with Gasteiger partial charge in [-0.3, -0.25) is 9.79 Å². The fourth-order valence-electron chi connectivity index (χ4n) is 0.516. The Morgan fingerprint density at radius 1 is 1.60 bits per heavy atom. The first kappa shape index (κ1) is 9.10. The van der Waals surface area contributed by atoms with Gasteiger partial charge in [0.2, 0.25) is 0 Å². The number of rotatable bonds is 4. The van der Waals surface area contributed by atoms with Crippen LogP contribution < -0.4 is 0 Å². The minimum Gasteiger partial charge on any atom is -0.481 e. The summed E-state index contributed by atoms with van der Waals surface area (Å²) in [5, 5.41) is 16.5. The lowest BCUT2D eigenvalue weighted by Crippen LogP contribution is -2.04. The second-order valence-electron chi connectivity index (χ2n) is 1.91. The Morgan fingerprint density at radius 3 is 2.60 bits per heavy atom. The van der Waals surface area contributed by atoms with Crippen LogP contribution >= 0.6 is 0 Å². The van der Waals surface area contributed by atoms with Crippen LogP contribution in [0.2, 0.25) is 0 Å². The first-order chi connectivity index (χ1) is 4.66.